The highest BCUT2D eigenvalue weighted by Gasteiger charge is 2.28. The molecule has 1 aromatic carbocycles. The van der Waals surface area contributed by atoms with Crippen molar-refractivity contribution < 1.29 is 9.53 Å². The van der Waals surface area contributed by atoms with Gasteiger partial charge in [0.1, 0.15) is 11.6 Å². The van der Waals surface area contributed by atoms with Gasteiger partial charge in [0, 0.05) is 44.9 Å². The molecule has 168 valence electrons. The SMILES string of the molecule is CCCn1c(N2CCCC(C(=O)NCc3ccccc3OCC)C2)cc(=O)n(C)c1=O. The highest BCUT2D eigenvalue weighted by Crippen LogP contribution is 2.23. The molecule has 0 aliphatic carbocycles. The second-order valence-corrected chi connectivity index (χ2v) is 7.88. The molecule has 8 heteroatoms. The Morgan fingerprint density at radius 2 is 2.00 bits per heavy atom. The molecule has 1 fully saturated rings. The van der Waals surface area contributed by atoms with E-state index in [-0.39, 0.29) is 23.1 Å². The van der Waals surface area contributed by atoms with Crippen LogP contribution < -0.4 is 26.2 Å². The van der Waals surface area contributed by atoms with Crippen LogP contribution in [0.4, 0.5) is 5.82 Å². The third kappa shape index (κ3) is 5.18. The number of benzene rings is 1. The van der Waals surface area contributed by atoms with E-state index in [2.05, 4.69) is 5.32 Å². The number of aromatic nitrogens is 2. The van der Waals surface area contributed by atoms with Crippen molar-refractivity contribution in [1.82, 2.24) is 14.5 Å². The summed E-state index contributed by atoms with van der Waals surface area (Å²) in [7, 11) is 1.49. The van der Waals surface area contributed by atoms with E-state index >= 15 is 0 Å². The zero-order valence-corrected chi connectivity index (χ0v) is 18.6. The van der Waals surface area contributed by atoms with Crippen molar-refractivity contribution in [2.45, 2.75) is 46.2 Å². The Labute approximate surface area is 182 Å². The van der Waals surface area contributed by atoms with Gasteiger partial charge in [-0.3, -0.25) is 18.7 Å². The molecular weight excluding hydrogens is 396 g/mol. The van der Waals surface area contributed by atoms with Crippen molar-refractivity contribution in [2.24, 2.45) is 13.0 Å². The second-order valence-electron chi connectivity index (χ2n) is 7.88. The molecule has 1 aliphatic rings. The summed E-state index contributed by atoms with van der Waals surface area (Å²) in [6.45, 7) is 6.62. The van der Waals surface area contributed by atoms with Gasteiger partial charge >= 0.3 is 5.69 Å². The highest BCUT2D eigenvalue weighted by molar-refractivity contribution is 5.79. The fraction of sp³-hybridized carbons (Fsp3) is 0.522. The van der Waals surface area contributed by atoms with Crippen LogP contribution >= 0.6 is 0 Å². The minimum atomic E-state index is -0.327. The number of ether oxygens (including phenoxy) is 1. The quantitative estimate of drug-likeness (QED) is 0.694. The van der Waals surface area contributed by atoms with Crippen molar-refractivity contribution in [3.63, 3.8) is 0 Å². The molecule has 0 saturated carbocycles. The van der Waals surface area contributed by atoms with E-state index in [0.717, 1.165) is 35.1 Å². The summed E-state index contributed by atoms with van der Waals surface area (Å²) < 4.78 is 8.40. The average Bonchev–Trinajstić information content (AvgIpc) is 2.79. The number of nitrogens with one attached hydrogen (secondary N) is 1. The molecular formula is C23H32N4O4. The summed E-state index contributed by atoms with van der Waals surface area (Å²) in [6.07, 6.45) is 2.38. The summed E-state index contributed by atoms with van der Waals surface area (Å²) in [5, 5.41) is 3.03. The lowest BCUT2D eigenvalue weighted by molar-refractivity contribution is -0.125. The van der Waals surface area contributed by atoms with Gasteiger partial charge in [-0.15, -0.1) is 0 Å². The zero-order chi connectivity index (χ0) is 22.4. The molecule has 0 spiro atoms. The van der Waals surface area contributed by atoms with Gasteiger partial charge in [-0.25, -0.2) is 4.79 Å². The monoisotopic (exact) mass is 428 g/mol. The first kappa shape index (κ1) is 22.7. The lowest BCUT2D eigenvalue weighted by atomic mass is 9.97. The molecule has 31 heavy (non-hydrogen) atoms. The van der Waals surface area contributed by atoms with Crippen molar-refractivity contribution in [1.29, 1.82) is 0 Å². The molecule has 8 nitrogen and oxygen atoms in total. The predicted octanol–water partition coefficient (Wildman–Crippen LogP) is 1.89. The fourth-order valence-corrected chi connectivity index (χ4v) is 4.03. The maximum Gasteiger partial charge on any atom is 0.332 e. The predicted molar refractivity (Wildman–Crippen MR) is 121 cm³/mol. The molecule has 1 saturated heterocycles. The van der Waals surface area contributed by atoms with Crippen LogP contribution in [-0.2, 0) is 24.9 Å². The van der Waals surface area contributed by atoms with Gasteiger partial charge < -0.3 is 15.0 Å². The normalized spacial score (nSPS) is 16.2. The van der Waals surface area contributed by atoms with Crippen molar-refractivity contribution in [3.05, 3.63) is 56.7 Å². The number of hydrogen-bond acceptors (Lipinski definition) is 5. The van der Waals surface area contributed by atoms with Crippen LogP contribution in [0.2, 0.25) is 0 Å². The van der Waals surface area contributed by atoms with E-state index < -0.39 is 0 Å². The van der Waals surface area contributed by atoms with E-state index in [0.29, 0.717) is 38.6 Å². The Kier molecular flexibility index (Phi) is 7.55. The van der Waals surface area contributed by atoms with Crippen LogP contribution in [0.1, 0.15) is 38.7 Å². The largest absolute Gasteiger partial charge is 0.494 e. The van der Waals surface area contributed by atoms with Gasteiger partial charge in [0.25, 0.3) is 5.56 Å². The Morgan fingerprint density at radius 3 is 2.74 bits per heavy atom. The second kappa shape index (κ2) is 10.3. The maximum absolute atomic E-state index is 12.9. The van der Waals surface area contributed by atoms with E-state index in [9.17, 15) is 14.4 Å². The van der Waals surface area contributed by atoms with Crippen molar-refractivity contribution in [2.75, 3.05) is 24.6 Å². The summed E-state index contributed by atoms with van der Waals surface area (Å²) >= 11 is 0. The number of hydrogen-bond donors (Lipinski definition) is 1. The molecule has 1 N–H and O–H groups in total. The Morgan fingerprint density at radius 1 is 1.23 bits per heavy atom. The van der Waals surface area contributed by atoms with Gasteiger partial charge in [0.15, 0.2) is 0 Å². The first-order chi connectivity index (χ1) is 15.0. The molecule has 1 aliphatic heterocycles. The molecule has 0 radical (unpaired) electrons. The number of anilines is 1. The minimum Gasteiger partial charge on any atom is -0.494 e. The molecule has 1 unspecified atom stereocenters. The molecule has 1 aromatic heterocycles. The lowest BCUT2D eigenvalue weighted by Gasteiger charge is -2.35. The number of nitrogens with zero attached hydrogens (tertiary/aromatic N) is 3. The van der Waals surface area contributed by atoms with E-state index in [1.54, 1.807) is 4.57 Å². The Hall–Kier alpha value is -3.03. The van der Waals surface area contributed by atoms with Gasteiger partial charge in [-0.2, -0.15) is 0 Å². The highest BCUT2D eigenvalue weighted by atomic mass is 16.5. The van der Waals surface area contributed by atoms with Crippen LogP contribution in [0.3, 0.4) is 0 Å². The number of amides is 1. The zero-order valence-electron chi connectivity index (χ0n) is 18.6. The Balaban J connectivity index is 1.73. The van der Waals surface area contributed by atoms with Crippen LogP contribution in [0, 0.1) is 5.92 Å². The third-order valence-electron chi connectivity index (χ3n) is 5.67. The van der Waals surface area contributed by atoms with Gasteiger partial charge in [0.2, 0.25) is 5.91 Å². The van der Waals surface area contributed by atoms with Gasteiger partial charge in [0.05, 0.1) is 12.5 Å². The van der Waals surface area contributed by atoms with Crippen molar-refractivity contribution in [3.8, 4) is 5.75 Å². The first-order valence-corrected chi connectivity index (χ1v) is 11.0. The number of piperidine rings is 1. The third-order valence-corrected chi connectivity index (χ3v) is 5.67. The van der Waals surface area contributed by atoms with E-state index in [1.807, 2.05) is 43.0 Å². The molecule has 0 bridgehead atoms. The van der Waals surface area contributed by atoms with Crippen molar-refractivity contribution >= 4 is 11.7 Å². The molecule has 2 heterocycles. The van der Waals surface area contributed by atoms with Crippen LogP contribution in [0.15, 0.2) is 39.9 Å². The van der Waals surface area contributed by atoms with Gasteiger partial charge in [-0.1, -0.05) is 25.1 Å². The lowest BCUT2D eigenvalue weighted by Crippen LogP contribution is -2.47. The van der Waals surface area contributed by atoms with Gasteiger partial charge in [-0.05, 0) is 32.3 Å². The molecule has 1 atom stereocenters. The fourth-order valence-electron chi connectivity index (χ4n) is 4.03. The Bertz CT molecular complexity index is 1030. The first-order valence-electron chi connectivity index (χ1n) is 11.0. The summed E-state index contributed by atoms with van der Waals surface area (Å²) in [6, 6.07) is 9.19. The molecule has 2 aromatic rings. The van der Waals surface area contributed by atoms with Crippen LogP contribution in [-0.4, -0.2) is 34.7 Å². The number of carbonyl (C=O) groups is 1. The molecule has 3 rings (SSSR count). The summed E-state index contributed by atoms with van der Waals surface area (Å²) in [5.41, 5.74) is 0.295. The topological polar surface area (TPSA) is 85.6 Å². The van der Waals surface area contributed by atoms with E-state index in [1.165, 1.54) is 13.1 Å². The van der Waals surface area contributed by atoms with E-state index in [4.69, 9.17) is 4.74 Å². The number of carbonyl (C=O) groups excluding carboxylic acids is 1. The summed E-state index contributed by atoms with van der Waals surface area (Å²) in [4.78, 5) is 39.8. The average molecular weight is 429 g/mol. The maximum atomic E-state index is 12.9. The van der Waals surface area contributed by atoms with Crippen LogP contribution in [0.25, 0.3) is 0 Å². The summed E-state index contributed by atoms with van der Waals surface area (Å²) in [5.74, 6) is 1.15. The molecule has 1 amide bonds. The standard InChI is InChI=1S/C23H32N4O4/c1-4-12-27-20(14-21(28)25(3)23(27)30)26-13-8-10-18(16-26)22(29)24-15-17-9-6-7-11-19(17)31-5-2/h6-7,9,11,14,18H,4-5,8,10,12-13,15-16H2,1-3H3,(H,24,29). The smallest absolute Gasteiger partial charge is 0.332 e. The van der Waals surface area contributed by atoms with Crippen LogP contribution in [0.5, 0.6) is 5.75 Å². The minimum absolute atomic E-state index is 0.0239. The number of para-hydroxylation sites is 1. The number of rotatable bonds is 8.